The zero-order valence-corrected chi connectivity index (χ0v) is 10.8. The van der Waals surface area contributed by atoms with Crippen LogP contribution in [0.25, 0.3) is 0 Å². The molecular formula is C13H20FNS. The summed E-state index contributed by atoms with van der Waals surface area (Å²) in [5.74, 6) is 0.897. The molecular weight excluding hydrogens is 221 g/mol. The van der Waals surface area contributed by atoms with E-state index in [0.717, 1.165) is 17.1 Å². The summed E-state index contributed by atoms with van der Waals surface area (Å²) in [7, 11) is 1.98. The molecule has 1 N–H and O–H groups in total. The Bertz CT molecular complexity index is 304. The molecule has 0 aliphatic carbocycles. The predicted octanol–water partition coefficient (Wildman–Crippen LogP) is 3.70. The highest BCUT2D eigenvalue weighted by Gasteiger charge is 2.01. The van der Waals surface area contributed by atoms with Crippen molar-refractivity contribution in [2.24, 2.45) is 0 Å². The van der Waals surface area contributed by atoms with Crippen LogP contribution < -0.4 is 5.32 Å². The minimum Gasteiger partial charge on any atom is -0.317 e. The monoisotopic (exact) mass is 241 g/mol. The summed E-state index contributed by atoms with van der Waals surface area (Å²) in [6, 6.07) is 7.56. The van der Waals surface area contributed by atoms with Gasteiger partial charge in [0.15, 0.2) is 0 Å². The standard InChI is InChI=1S/C13H20FNS/c1-11(15-2)7-5-6-10-16-13-9-4-3-8-12(13)14/h3-4,8-9,11,15H,5-7,10H2,1-2H3. The molecule has 1 atom stereocenters. The van der Waals surface area contributed by atoms with E-state index in [1.165, 1.54) is 18.9 Å². The molecule has 0 aromatic heterocycles. The van der Waals surface area contributed by atoms with Crippen LogP contribution in [0.3, 0.4) is 0 Å². The van der Waals surface area contributed by atoms with Gasteiger partial charge in [-0.05, 0) is 44.7 Å². The van der Waals surface area contributed by atoms with Crippen molar-refractivity contribution in [1.29, 1.82) is 0 Å². The predicted molar refractivity (Wildman–Crippen MR) is 69.5 cm³/mol. The number of nitrogens with one attached hydrogen (secondary N) is 1. The number of halogens is 1. The van der Waals surface area contributed by atoms with Crippen LogP contribution in [0.1, 0.15) is 26.2 Å². The number of rotatable bonds is 7. The lowest BCUT2D eigenvalue weighted by atomic mass is 10.1. The van der Waals surface area contributed by atoms with Gasteiger partial charge in [0, 0.05) is 10.9 Å². The second kappa shape index (κ2) is 7.69. The zero-order valence-electron chi connectivity index (χ0n) is 10.0. The van der Waals surface area contributed by atoms with Crippen molar-refractivity contribution in [3.8, 4) is 0 Å². The smallest absolute Gasteiger partial charge is 0.136 e. The van der Waals surface area contributed by atoms with Gasteiger partial charge in [0.25, 0.3) is 0 Å². The molecule has 90 valence electrons. The highest BCUT2D eigenvalue weighted by Crippen LogP contribution is 2.22. The lowest BCUT2D eigenvalue weighted by molar-refractivity contribution is 0.538. The molecule has 1 aromatic carbocycles. The van der Waals surface area contributed by atoms with E-state index in [-0.39, 0.29) is 5.82 Å². The number of thioether (sulfide) groups is 1. The zero-order chi connectivity index (χ0) is 11.8. The maximum absolute atomic E-state index is 13.3. The van der Waals surface area contributed by atoms with E-state index < -0.39 is 0 Å². The molecule has 0 saturated carbocycles. The van der Waals surface area contributed by atoms with E-state index in [1.807, 2.05) is 19.2 Å². The normalized spacial score (nSPS) is 12.7. The lowest BCUT2D eigenvalue weighted by Gasteiger charge is -2.09. The lowest BCUT2D eigenvalue weighted by Crippen LogP contribution is -2.20. The highest BCUT2D eigenvalue weighted by molar-refractivity contribution is 7.99. The third-order valence-corrected chi connectivity index (χ3v) is 3.75. The first-order valence-electron chi connectivity index (χ1n) is 5.78. The SMILES string of the molecule is CNC(C)CCCCSc1ccccc1F. The fourth-order valence-electron chi connectivity index (χ4n) is 1.44. The van der Waals surface area contributed by atoms with Crippen molar-refractivity contribution >= 4 is 11.8 Å². The van der Waals surface area contributed by atoms with Crippen LogP contribution in [0, 0.1) is 5.82 Å². The van der Waals surface area contributed by atoms with E-state index in [9.17, 15) is 4.39 Å². The first kappa shape index (κ1) is 13.5. The van der Waals surface area contributed by atoms with E-state index in [4.69, 9.17) is 0 Å². The molecule has 1 rings (SSSR count). The second-order valence-corrected chi connectivity index (χ2v) is 5.10. The summed E-state index contributed by atoms with van der Waals surface area (Å²) >= 11 is 1.61. The van der Waals surface area contributed by atoms with Gasteiger partial charge in [-0.15, -0.1) is 11.8 Å². The Labute approximate surface area is 102 Å². The molecule has 1 nitrogen and oxygen atoms in total. The van der Waals surface area contributed by atoms with E-state index in [0.29, 0.717) is 6.04 Å². The summed E-state index contributed by atoms with van der Waals surface area (Å²) < 4.78 is 13.3. The quantitative estimate of drug-likeness (QED) is 0.577. The molecule has 0 amide bonds. The van der Waals surface area contributed by atoms with Gasteiger partial charge in [0.2, 0.25) is 0 Å². The van der Waals surface area contributed by atoms with Gasteiger partial charge in [-0.3, -0.25) is 0 Å². The Morgan fingerprint density at radius 2 is 2.06 bits per heavy atom. The average Bonchev–Trinajstić information content (AvgIpc) is 2.30. The van der Waals surface area contributed by atoms with Crippen molar-refractivity contribution in [1.82, 2.24) is 5.32 Å². The van der Waals surface area contributed by atoms with E-state index in [1.54, 1.807) is 17.8 Å². The van der Waals surface area contributed by atoms with Crippen molar-refractivity contribution in [2.75, 3.05) is 12.8 Å². The summed E-state index contributed by atoms with van der Waals surface area (Å²) in [5, 5.41) is 3.22. The third kappa shape index (κ3) is 4.99. The minimum atomic E-state index is -0.101. The van der Waals surface area contributed by atoms with Crippen LogP contribution in [-0.4, -0.2) is 18.8 Å². The number of hydrogen-bond acceptors (Lipinski definition) is 2. The van der Waals surface area contributed by atoms with Crippen LogP contribution in [-0.2, 0) is 0 Å². The van der Waals surface area contributed by atoms with Gasteiger partial charge in [-0.1, -0.05) is 18.6 Å². The Balaban J connectivity index is 2.14. The molecule has 0 saturated heterocycles. The Kier molecular flexibility index (Phi) is 6.50. The molecule has 1 unspecified atom stereocenters. The van der Waals surface area contributed by atoms with Gasteiger partial charge in [-0.2, -0.15) is 0 Å². The topological polar surface area (TPSA) is 12.0 Å². The molecule has 0 aliphatic rings. The number of hydrogen-bond donors (Lipinski definition) is 1. The van der Waals surface area contributed by atoms with Crippen LogP contribution in [0.4, 0.5) is 4.39 Å². The fourth-order valence-corrected chi connectivity index (χ4v) is 2.39. The Morgan fingerprint density at radius 1 is 1.31 bits per heavy atom. The van der Waals surface area contributed by atoms with Crippen molar-refractivity contribution in [2.45, 2.75) is 37.1 Å². The van der Waals surface area contributed by atoms with Crippen LogP contribution in [0.2, 0.25) is 0 Å². The summed E-state index contributed by atoms with van der Waals surface area (Å²) in [4.78, 5) is 0.768. The van der Waals surface area contributed by atoms with Gasteiger partial charge in [0.1, 0.15) is 5.82 Å². The van der Waals surface area contributed by atoms with Crippen molar-refractivity contribution < 1.29 is 4.39 Å². The van der Waals surface area contributed by atoms with Crippen LogP contribution in [0.5, 0.6) is 0 Å². The van der Waals surface area contributed by atoms with Gasteiger partial charge in [0.05, 0.1) is 0 Å². The van der Waals surface area contributed by atoms with Gasteiger partial charge >= 0.3 is 0 Å². The summed E-state index contributed by atoms with van der Waals surface area (Å²) in [5.41, 5.74) is 0. The average molecular weight is 241 g/mol. The van der Waals surface area contributed by atoms with Crippen molar-refractivity contribution in [3.05, 3.63) is 30.1 Å². The van der Waals surface area contributed by atoms with Gasteiger partial charge in [-0.25, -0.2) is 4.39 Å². The fraction of sp³-hybridized carbons (Fsp3) is 0.538. The van der Waals surface area contributed by atoms with Crippen molar-refractivity contribution in [3.63, 3.8) is 0 Å². The molecule has 0 bridgehead atoms. The molecule has 1 aromatic rings. The summed E-state index contributed by atoms with van der Waals surface area (Å²) in [6.45, 7) is 2.18. The number of unbranched alkanes of at least 4 members (excludes halogenated alkanes) is 1. The highest BCUT2D eigenvalue weighted by atomic mass is 32.2. The maximum Gasteiger partial charge on any atom is 0.136 e. The minimum absolute atomic E-state index is 0.101. The maximum atomic E-state index is 13.3. The van der Waals surface area contributed by atoms with Crippen LogP contribution >= 0.6 is 11.8 Å². The molecule has 3 heteroatoms. The largest absolute Gasteiger partial charge is 0.317 e. The van der Waals surface area contributed by atoms with Gasteiger partial charge < -0.3 is 5.32 Å². The Hall–Kier alpha value is -0.540. The number of benzene rings is 1. The van der Waals surface area contributed by atoms with E-state index >= 15 is 0 Å². The molecule has 0 aliphatic heterocycles. The Morgan fingerprint density at radius 3 is 2.75 bits per heavy atom. The molecule has 0 heterocycles. The molecule has 0 fully saturated rings. The second-order valence-electron chi connectivity index (χ2n) is 3.96. The third-order valence-electron chi connectivity index (χ3n) is 2.62. The summed E-state index contributed by atoms with van der Waals surface area (Å²) in [6.07, 6.45) is 3.53. The van der Waals surface area contributed by atoms with E-state index in [2.05, 4.69) is 12.2 Å². The first-order valence-corrected chi connectivity index (χ1v) is 6.77. The molecule has 0 spiro atoms. The van der Waals surface area contributed by atoms with Crippen LogP contribution in [0.15, 0.2) is 29.2 Å². The first-order chi connectivity index (χ1) is 7.74. The molecule has 0 radical (unpaired) electrons. The molecule has 16 heavy (non-hydrogen) atoms.